The highest BCUT2D eigenvalue weighted by Crippen LogP contribution is 2.39. The van der Waals surface area contributed by atoms with Crippen molar-refractivity contribution in [1.29, 1.82) is 5.26 Å². The monoisotopic (exact) mass is 298 g/mol. The SMILES string of the molecule is [C-]#[N+]c1c(-c2ccccc2)cc(-c2ccccc2)c(C#N)c1F. The summed E-state index contributed by atoms with van der Waals surface area (Å²) in [5.74, 6) is -0.761. The standard InChI is InChI=1S/C20H11FN2/c1-23-20-17(15-10-6-3-7-11-15)12-16(18(13-22)19(20)21)14-8-4-2-5-9-14/h2-12H. The second-order valence-corrected chi connectivity index (χ2v) is 4.96. The zero-order valence-electron chi connectivity index (χ0n) is 12.1. The van der Waals surface area contributed by atoms with Crippen molar-refractivity contribution in [3.05, 3.63) is 89.5 Å². The zero-order chi connectivity index (χ0) is 16.2. The van der Waals surface area contributed by atoms with Crippen LogP contribution >= 0.6 is 0 Å². The number of hydrogen-bond donors (Lipinski definition) is 0. The van der Waals surface area contributed by atoms with E-state index in [1.54, 1.807) is 6.07 Å². The molecule has 0 amide bonds. The third-order valence-electron chi connectivity index (χ3n) is 3.63. The van der Waals surface area contributed by atoms with Crippen molar-refractivity contribution < 1.29 is 4.39 Å². The van der Waals surface area contributed by atoms with Crippen LogP contribution in [-0.4, -0.2) is 0 Å². The van der Waals surface area contributed by atoms with Gasteiger partial charge in [-0.1, -0.05) is 66.7 Å². The van der Waals surface area contributed by atoms with Crippen LogP contribution in [0, 0.1) is 23.7 Å². The van der Waals surface area contributed by atoms with Crippen LogP contribution in [0.15, 0.2) is 66.7 Å². The lowest BCUT2D eigenvalue weighted by molar-refractivity contribution is 0.631. The van der Waals surface area contributed by atoms with E-state index in [1.165, 1.54) is 0 Å². The molecule has 0 atom stereocenters. The average Bonchev–Trinajstić information content (AvgIpc) is 2.62. The van der Waals surface area contributed by atoms with Gasteiger partial charge in [-0.15, -0.1) is 0 Å². The highest BCUT2D eigenvalue weighted by atomic mass is 19.1. The molecule has 2 nitrogen and oxygen atoms in total. The van der Waals surface area contributed by atoms with Crippen molar-refractivity contribution >= 4 is 5.69 Å². The van der Waals surface area contributed by atoms with Gasteiger partial charge in [0.05, 0.1) is 12.1 Å². The molecular formula is C20H11FN2. The Hall–Kier alpha value is -3.43. The van der Waals surface area contributed by atoms with Gasteiger partial charge in [0.25, 0.3) is 0 Å². The van der Waals surface area contributed by atoms with E-state index in [9.17, 15) is 9.65 Å². The minimum absolute atomic E-state index is 0.0955. The summed E-state index contributed by atoms with van der Waals surface area (Å²) >= 11 is 0. The molecule has 0 radical (unpaired) electrons. The Kier molecular flexibility index (Phi) is 3.87. The summed E-state index contributed by atoms with van der Waals surface area (Å²) in [4.78, 5) is 3.31. The van der Waals surface area contributed by atoms with Crippen LogP contribution in [0.3, 0.4) is 0 Å². The smallest absolute Gasteiger partial charge is 0.231 e. The summed E-state index contributed by atoms with van der Waals surface area (Å²) in [5.41, 5.74) is 2.28. The molecule has 23 heavy (non-hydrogen) atoms. The number of nitriles is 1. The first-order valence-corrected chi connectivity index (χ1v) is 7.01. The molecule has 3 aromatic carbocycles. The maximum atomic E-state index is 14.7. The Labute approximate surface area is 133 Å². The fraction of sp³-hybridized carbons (Fsp3) is 0. The van der Waals surface area contributed by atoms with Gasteiger partial charge in [-0.2, -0.15) is 5.26 Å². The van der Waals surface area contributed by atoms with Gasteiger partial charge in [-0.25, -0.2) is 9.24 Å². The van der Waals surface area contributed by atoms with Crippen molar-refractivity contribution in [3.8, 4) is 28.3 Å². The summed E-state index contributed by atoms with van der Waals surface area (Å²) < 4.78 is 14.7. The van der Waals surface area contributed by atoms with Crippen LogP contribution in [0.2, 0.25) is 0 Å². The maximum Gasteiger partial charge on any atom is 0.231 e. The Bertz CT molecular complexity index is 858. The Morgan fingerprint density at radius 2 is 1.39 bits per heavy atom. The number of nitrogens with zero attached hydrogens (tertiary/aromatic N) is 2. The van der Waals surface area contributed by atoms with E-state index in [0.717, 1.165) is 11.1 Å². The summed E-state index contributed by atoms with van der Waals surface area (Å²) in [6.45, 7) is 7.30. The first-order chi connectivity index (χ1) is 11.3. The van der Waals surface area contributed by atoms with E-state index in [4.69, 9.17) is 6.57 Å². The number of benzene rings is 3. The van der Waals surface area contributed by atoms with E-state index >= 15 is 0 Å². The molecule has 0 aromatic heterocycles. The summed E-state index contributed by atoms with van der Waals surface area (Å²) in [6, 6.07) is 22.0. The third kappa shape index (κ3) is 2.57. The topological polar surface area (TPSA) is 28.1 Å². The minimum atomic E-state index is -0.761. The van der Waals surface area contributed by atoms with Gasteiger partial charge < -0.3 is 0 Å². The van der Waals surface area contributed by atoms with Gasteiger partial charge in [0, 0.05) is 5.56 Å². The minimum Gasteiger partial charge on any atom is -0.234 e. The van der Waals surface area contributed by atoms with Crippen molar-refractivity contribution in [2.75, 3.05) is 0 Å². The third-order valence-corrected chi connectivity index (χ3v) is 3.63. The van der Waals surface area contributed by atoms with Crippen LogP contribution in [0.5, 0.6) is 0 Å². The quantitative estimate of drug-likeness (QED) is 0.567. The zero-order valence-corrected chi connectivity index (χ0v) is 12.1. The highest BCUT2D eigenvalue weighted by molar-refractivity contribution is 5.87. The van der Waals surface area contributed by atoms with Gasteiger partial charge in [0.15, 0.2) is 0 Å². The van der Waals surface area contributed by atoms with Crippen molar-refractivity contribution in [1.82, 2.24) is 0 Å². The predicted molar refractivity (Wildman–Crippen MR) is 88.2 cm³/mol. The van der Waals surface area contributed by atoms with Crippen LogP contribution in [0.1, 0.15) is 5.56 Å². The summed E-state index contributed by atoms with van der Waals surface area (Å²) in [6.07, 6.45) is 0. The average molecular weight is 298 g/mol. The van der Waals surface area contributed by atoms with Gasteiger partial charge in [0.2, 0.25) is 5.69 Å². The van der Waals surface area contributed by atoms with Gasteiger partial charge in [0.1, 0.15) is 11.9 Å². The molecular weight excluding hydrogens is 287 g/mol. The lowest BCUT2D eigenvalue weighted by atomic mass is 9.93. The van der Waals surface area contributed by atoms with Crippen LogP contribution in [0.4, 0.5) is 10.1 Å². The highest BCUT2D eigenvalue weighted by Gasteiger charge is 2.20. The Morgan fingerprint density at radius 1 is 0.870 bits per heavy atom. The van der Waals surface area contributed by atoms with E-state index in [0.29, 0.717) is 11.1 Å². The van der Waals surface area contributed by atoms with Gasteiger partial charge in [-0.05, 0) is 16.7 Å². The van der Waals surface area contributed by atoms with Crippen molar-refractivity contribution in [2.24, 2.45) is 0 Å². The lowest BCUT2D eigenvalue weighted by Gasteiger charge is -2.12. The number of rotatable bonds is 2. The molecule has 3 heteroatoms. The number of hydrogen-bond acceptors (Lipinski definition) is 1. The molecule has 0 aliphatic carbocycles. The second kappa shape index (κ2) is 6.13. The van der Waals surface area contributed by atoms with Crippen molar-refractivity contribution in [3.63, 3.8) is 0 Å². The molecule has 0 N–H and O–H groups in total. The molecule has 0 heterocycles. The summed E-state index contributed by atoms with van der Waals surface area (Å²) in [5, 5.41) is 9.35. The first kappa shape index (κ1) is 14.5. The molecule has 0 saturated carbocycles. The van der Waals surface area contributed by atoms with Crippen LogP contribution < -0.4 is 0 Å². The maximum absolute atomic E-state index is 14.7. The molecule has 0 bridgehead atoms. The molecule has 0 spiro atoms. The van der Waals surface area contributed by atoms with Gasteiger partial charge >= 0.3 is 0 Å². The molecule has 108 valence electrons. The fourth-order valence-corrected chi connectivity index (χ4v) is 2.54. The van der Waals surface area contributed by atoms with E-state index in [1.807, 2.05) is 66.7 Å². The largest absolute Gasteiger partial charge is 0.234 e. The lowest BCUT2D eigenvalue weighted by Crippen LogP contribution is -1.93. The predicted octanol–water partition coefficient (Wildman–Crippen LogP) is 5.58. The van der Waals surface area contributed by atoms with Crippen molar-refractivity contribution in [2.45, 2.75) is 0 Å². The Morgan fingerprint density at radius 3 is 1.87 bits per heavy atom. The fourth-order valence-electron chi connectivity index (χ4n) is 2.54. The molecule has 0 fully saturated rings. The van der Waals surface area contributed by atoms with Crippen LogP contribution in [0.25, 0.3) is 27.1 Å². The van der Waals surface area contributed by atoms with E-state index < -0.39 is 5.82 Å². The molecule has 3 aromatic rings. The number of halogens is 1. The normalized spacial score (nSPS) is 9.87. The van der Waals surface area contributed by atoms with Crippen LogP contribution in [-0.2, 0) is 0 Å². The second-order valence-electron chi connectivity index (χ2n) is 4.96. The molecule has 0 aliphatic rings. The first-order valence-electron chi connectivity index (χ1n) is 7.01. The Balaban J connectivity index is 2.37. The molecule has 0 aliphatic heterocycles. The van der Waals surface area contributed by atoms with Gasteiger partial charge in [-0.3, -0.25) is 0 Å². The molecule has 3 rings (SSSR count). The summed E-state index contributed by atoms with van der Waals surface area (Å²) in [7, 11) is 0. The molecule has 0 saturated heterocycles. The van der Waals surface area contributed by atoms with E-state index in [-0.39, 0.29) is 11.3 Å². The molecule has 0 unspecified atom stereocenters. The van der Waals surface area contributed by atoms with E-state index in [2.05, 4.69) is 4.85 Å².